The molecule has 2 heterocycles. The second-order valence-corrected chi connectivity index (χ2v) is 5.78. The Balaban J connectivity index is 1.59. The summed E-state index contributed by atoms with van der Waals surface area (Å²) in [6, 6.07) is 0.452. The first-order valence-electron chi connectivity index (χ1n) is 7.28. The number of morpholine rings is 1. The van der Waals surface area contributed by atoms with Gasteiger partial charge in [-0.3, -0.25) is 4.68 Å². The van der Waals surface area contributed by atoms with Gasteiger partial charge in [0.1, 0.15) is 0 Å². The molecule has 1 saturated heterocycles. The van der Waals surface area contributed by atoms with Crippen molar-refractivity contribution in [3.05, 3.63) is 17.5 Å². The minimum absolute atomic E-state index is 0.320. The van der Waals surface area contributed by atoms with E-state index in [-0.39, 0.29) is 0 Å². The summed E-state index contributed by atoms with van der Waals surface area (Å²) in [6.07, 6.45) is 5.96. The topological polar surface area (TPSA) is 42.3 Å². The van der Waals surface area contributed by atoms with Gasteiger partial charge >= 0.3 is 0 Å². The summed E-state index contributed by atoms with van der Waals surface area (Å²) >= 11 is 0. The van der Waals surface area contributed by atoms with Crippen LogP contribution in [0.3, 0.4) is 0 Å². The largest absolute Gasteiger partial charge is 0.374 e. The fourth-order valence-corrected chi connectivity index (χ4v) is 3.18. The molecule has 5 heteroatoms. The molecule has 1 fully saturated rings. The standard InChI is InChI=1S/C14H24N4O/c1-17-6-7-19-11(10-17)8-15-13-4-3-5-14-12(13)9-16-18(14)2/h9,11,13,15H,3-8,10H2,1-2H3. The highest BCUT2D eigenvalue weighted by atomic mass is 16.5. The van der Waals surface area contributed by atoms with Gasteiger partial charge in [-0.15, -0.1) is 0 Å². The van der Waals surface area contributed by atoms with E-state index in [0.29, 0.717) is 12.1 Å². The lowest BCUT2D eigenvalue weighted by Crippen LogP contribution is -2.45. The van der Waals surface area contributed by atoms with Gasteiger partial charge in [-0.25, -0.2) is 0 Å². The van der Waals surface area contributed by atoms with Crippen LogP contribution in [0.15, 0.2) is 6.20 Å². The average molecular weight is 264 g/mol. The molecule has 0 bridgehead atoms. The molecule has 106 valence electrons. The van der Waals surface area contributed by atoms with Gasteiger partial charge in [0.2, 0.25) is 0 Å². The third-order valence-electron chi connectivity index (χ3n) is 4.31. The highest BCUT2D eigenvalue weighted by molar-refractivity contribution is 5.24. The molecule has 5 nitrogen and oxygen atoms in total. The zero-order valence-corrected chi connectivity index (χ0v) is 11.9. The van der Waals surface area contributed by atoms with Crippen molar-refractivity contribution in [2.45, 2.75) is 31.4 Å². The molecule has 1 N–H and O–H groups in total. The molecular weight excluding hydrogens is 240 g/mol. The monoisotopic (exact) mass is 264 g/mol. The van der Waals surface area contributed by atoms with Gasteiger partial charge in [0, 0.05) is 44.0 Å². The van der Waals surface area contributed by atoms with E-state index in [4.69, 9.17) is 4.74 Å². The molecule has 2 aliphatic rings. The first kappa shape index (κ1) is 13.1. The summed E-state index contributed by atoms with van der Waals surface area (Å²) in [6.45, 7) is 3.86. The van der Waals surface area contributed by atoms with Crippen LogP contribution in [0.5, 0.6) is 0 Å². The predicted molar refractivity (Wildman–Crippen MR) is 74.1 cm³/mol. The first-order valence-corrected chi connectivity index (χ1v) is 7.28. The summed E-state index contributed by atoms with van der Waals surface area (Å²) in [4.78, 5) is 2.34. The van der Waals surface area contributed by atoms with Crippen molar-refractivity contribution in [3.8, 4) is 0 Å². The van der Waals surface area contributed by atoms with E-state index in [1.807, 2.05) is 17.9 Å². The smallest absolute Gasteiger partial charge is 0.0826 e. The lowest BCUT2D eigenvalue weighted by Gasteiger charge is -2.32. The van der Waals surface area contributed by atoms with Crippen molar-refractivity contribution in [2.75, 3.05) is 33.3 Å². The van der Waals surface area contributed by atoms with Crippen molar-refractivity contribution in [1.82, 2.24) is 20.0 Å². The van der Waals surface area contributed by atoms with Crippen LogP contribution in [0.1, 0.15) is 30.1 Å². The number of fused-ring (bicyclic) bond motifs is 1. The molecule has 2 unspecified atom stereocenters. The number of hydrogen-bond acceptors (Lipinski definition) is 4. The van der Waals surface area contributed by atoms with Crippen LogP contribution in [-0.4, -0.2) is 54.1 Å². The molecule has 0 aromatic carbocycles. The number of nitrogens with one attached hydrogen (secondary N) is 1. The Labute approximate surface area is 114 Å². The van der Waals surface area contributed by atoms with Gasteiger partial charge in [0.25, 0.3) is 0 Å². The molecule has 2 atom stereocenters. The van der Waals surface area contributed by atoms with Gasteiger partial charge in [-0.2, -0.15) is 5.10 Å². The maximum atomic E-state index is 5.81. The van der Waals surface area contributed by atoms with E-state index in [1.165, 1.54) is 24.1 Å². The Kier molecular flexibility index (Phi) is 3.86. The molecule has 1 aromatic heterocycles. The zero-order valence-electron chi connectivity index (χ0n) is 11.9. The number of likely N-dealkylation sites (N-methyl/N-ethyl adjacent to an activating group) is 1. The van der Waals surface area contributed by atoms with Gasteiger partial charge in [-0.05, 0) is 26.3 Å². The molecule has 3 rings (SSSR count). The van der Waals surface area contributed by atoms with Gasteiger partial charge in [0.05, 0.1) is 18.9 Å². The van der Waals surface area contributed by atoms with Crippen LogP contribution in [0.2, 0.25) is 0 Å². The Bertz CT molecular complexity index is 431. The number of aryl methyl sites for hydroxylation is 1. The normalized spacial score (nSPS) is 28.3. The highest BCUT2D eigenvalue weighted by Gasteiger charge is 2.25. The summed E-state index contributed by atoms with van der Waals surface area (Å²) < 4.78 is 7.83. The quantitative estimate of drug-likeness (QED) is 0.873. The van der Waals surface area contributed by atoms with Crippen molar-refractivity contribution < 1.29 is 4.74 Å². The first-order chi connectivity index (χ1) is 9.24. The molecule has 1 aromatic rings. The number of hydrogen-bond donors (Lipinski definition) is 1. The summed E-state index contributed by atoms with van der Waals surface area (Å²) in [5.41, 5.74) is 2.78. The molecule has 0 spiro atoms. The lowest BCUT2D eigenvalue weighted by molar-refractivity contribution is -0.0195. The number of ether oxygens (including phenoxy) is 1. The number of rotatable bonds is 3. The van der Waals surface area contributed by atoms with Crippen molar-refractivity contribution in [2.24, 2.45) is 7.05 Å². The van der Waals surface area contributed by atoms with E-state index < -0.39 is 0 Å². The van der Waals surface area contributed by atoms with E-state index in [9.17, 15) is 0 Å². The molecule has 0 radical (unpaired) electrons. The third-order valence-corrected chi connectivity index (χ3v) is 4.31. The zero-order chi connectivity index (χ0) is 13.2. The van der Waals surface area contributed by atoms with Gasteiger partial charge in [0.15, 0.2) is 0 Å². The fraction of sp³-hybridized carbons (Fsp3) is 0.786. The predicted octanol–water partition coefficient (Wildman–Crippen LogP) is 0.718. The van der Waals surface area contributed by atoms with Crippen LogP contribution in [0, 0.1) is 0 Å². The summed E-state index contributed by atoms with van der Waals surface area (Å²) in [7, 11) is 4.20. The molecule has 1 aliphatic heterocycles. The van der Waals surface area contributed by atoms with Crippen LogP contribution < -0.4 is 5.32 Å². The molecule has 19 heavy (non-hydrogen) atoms. The van der Waals surface area contributed by atoms with E-state index >= 15 is 0 Å². The lowest BCUT2D eigenvalue weighted by atomic mass is 9.93. The second-order valence-electron chi connectivity index (χ2n) is 5.78. The van der Waals surface area contributed by atoms with Crippen LogP contribution >= 0.6 is 0 Å². The third kappa shape index (κ3) is 2.83. The number of nitrogens with zero attached hydrogens (tertiary/aromatic N) is 3. The summed E-state index contributed by atoms with van der Waals surface area (Å²) in [5.74, 6) is 0. The highest BCUT2D eigenvalue weighted by Crippen LogP contribution is 2.29. The number of aromatic nitrogens is 2. The maximum Gasteiger partial charge on any atom is 0.0826 e. The minimum atomic E-state index is 0.320. The molecule has 1 aliphatic carbocycles. The van der Waals surface area contributed by atoms with E-state index in [0.717, 1.165) is 32.7 Å². The van der Waals surface area contributed by atoms with Gasteiger partial charge < -0.3 is 15.0 Å². The van der Waals surface area contributed by atoms with Crippen molar-refractivity contribution in [3.63, 3.8) is 0 Å². The second kappa shape index (κ2) is 5.61. The van der Waals surface area contributed by atoms with Crippen molar-refractivity contribution >= 4 is 0 Å². The van der Waals surface area contributed by atoms with Crippen LogP contribution in [0.25, 0.3) is 0 Å². The molecule has 0 saturated carbocycles. The fourth-order valence-electron chi connectivity index (χ4n) is 3.18. The average Bonchev–Trinajstić information content (AvgIpc) is 2.79. The Morgan fingerprint density at radius 1 is 1.47 bits per heavy atom. The van der Waals surface area contributed by atoms with Crippen LogP contribution in [0.4, 0.5) is 0 Å². The Morgan fingerprint density at radius 2 is 2.37 bits per heavy atom. The molecular formula is C14H24N4O. The Hall–Kier alpha value is -0.910. The molecule has 0 amide bonds. The summed E-state index contributed by atoms with van der Waals surface area (Å²) in [5, 5.41) is 8.07. The minimum Gasteiger partial charge on any atom is -0.374 e. The Morgan fingerprint density at radius 3 is 3.21 bits per heavy atom. The van der Waals surface area contributed by atoms with E-state index in [1.54, 1.807) is 0 Å². The van der Waals surface area contributed by atoms with E-state index in [2.05, 4.69) is 22.4 Å². The van der Waals surface area contributed by atoms with Gasteiger partial charge in [-0.1, -0.05) is 0 Å². The van der Waals surface area contributed by atoms with Crippen LogP contribution in [-0.2, 0) is 18.2 Å². The van der Waals surface area contributed by atoms with Crippen molar-refractivity contribution in [1.29, 1.82) is 0 Å². The SMILES string of the molecule is CN1CCOC(CNC2CCCc3c2cnn3C)C1. The maximum absolute atomic E-state index is 5.81.